The lowest BCUT2D eigenvalue weighted by Gasteiger charge is -2.37. The van der Waals surface area contributed by atoms with Crippen LogP contribution >= 0.6 is 0 Å². The maximum absolute atomic E-state index is 13.5. The SMILES string of the molecule is CC1CN(C(=O)c2ccc(C#Cc3ccccc3F)cc2)C1. The third-order valence-corrected chi connectivity index (χ3v) is 3.70. The third kappa shape index (κ3) is 3.01. The molecule has 1 aliphatic rings. The summed E-state index contributed by atoms with van der Waals surface area (Å²) >= 11 is 0. The van der Waals surface area contributed by atoms with Gasteiger partial charge in [-0.3, -0.25) is 4.79 Å². The molecule has 3 rings (SSSR count). The Kier molecular flexibility index (Phi) is 3.93. The highest BCUT2D eigenvalue weighted by Crippen LogP contribution is 2.18. The maximum Gasteiger partial charge on any atom is 0.253 e. The standard InChI is InChI=1S/C19H16FNO/c1-14-12-21(13-14)19(22)17-10-7-15(8-11-17)6-9-16-4-2-3-5-18(16)20/h2-5,7-8,10-11,14H,12-13H2,1H3. The number of halogens is 1. The molecule has 22 heavy (non-hydrogen) atoms. The summed E-state index contributed by atoms with van der Waals surface area (Å²) in [6.07, 6.45) is 0. The topological polar surface area (TPSA) is 20.3 Å². The smallest absolute Gasteiger partial charge is 0.253 e. The molecule has 1 heterocycles. The van der Waals surface area contributed by atoms with Crippen molar-refractivity contribution >= 4 is 5.91 Å². The van der Waals surface area contributed by atoms with Crippen molar-refractivity contribution in [1.82, 2.24) is 4.90 Å². The van der Waals surface area contributed by atoms with E-state index in [9.17, 15) is 9.18 Å². The number of carbonyl (C=O) groups excluding carboxylic acids is 1. The Morgan fingerprint density at radius 3 is 2.41 bits per heavy atom. The van der Waals surface area contributed by atoms with Crippen molar-refractivity contribution in [2.24, 2.45) is 5.92 Å². The lowest BCUT2D eigenvalue weighted by atomic mass is 10.0. The molecule has 1 saturated heterocycles. The molecule has 2 aromatic rings. The fourth-order valence-corrected chi connectivity index (χ4v) is 2.45. The molecule has 1 aliphatic heterocycles. The van der Waals surface area contributed by atoms with Gasteiger partial charge >= 0.3 is 0 Å². The largest absolute Gasteiger partial charge is 0.338 e. The van der Waals surface area contributed by atoms with Crippen LogP contribution in [-0.2, 0) is 0 Å². The van der Waals surface area contributed by atoms with E-state index < -0.39 is 0 Å². The second-order valence-corrected chi connectivity index (χ2v) is 5.62. The molecule has 0 unspecified atom stereocenters. The number of amides is 1. The molecule has 0 aliphatic carbocycles. The van der Waals surface area contributed by atoms with Crippen molar-refractivity contribution in [3.8, 4) is 11.8 Å². The Bertz CT molecular complexity index is 749. The number of likely N-dealkylation sites (tertiary alicyclic amines) is 1. The summed E-state index contributed by atoms with van der Waals surface area (Å²) in [7, 11) is 0. The molecule has 0 N–H and O–H groups in total. The fourth-order valence-electron chi connectivity index (χ4n) is 2.45. The van der Waals surface area contributed by atoms with Crippen LogP contribution in [0.4, 0.5) is 4.39 Å². The molecule has 0 radical (unpaired) electrons. The van der Waals surface area contributed by atoms with Crippen LogP contribution in [-0.4, -0.2) is 23.9 Å². The molecular formula is C19H16FNO. The molecule has 1 amide bonds. The van der Waals surface area contributed by atoms with Gasteiger partial charge < -0.3 is 4.90 Å². The fraction of sp³-hybridized carbons (Fsp3) is 0.211. The van der Waals surface area contributed by atoms with Crippen LogP contribution in [0.15, 0.2) is 48.5 Å². The van der Waals surface area contributed by atoms with Crippen LogP contribution in [0.1, 0.15) is 28.4 Å². The number of hydrogen-bond donors (Lipinski definition) is 0. The predicted molar refractivity (Wildman–Crippen MR) is 83.9 cm³/mol. The molecule has 2 nitrogen and oxygen atoms in total. The van der Waals surface area contributed by atoms with Gasteiger partial charge in [-0.25, -0.2) is 4.39 Å². The van der Waals surface area contributed by atoms with E-state index in [1.807, 2.05) is 4.90 Å². The van der Waals surface area contributed by atoms with Gasteiger partial charge in [0.25, 0.3) is 5.91 Å². The van der Waals surface area contributed by atoms with Crippen molar-refractivity contribution in [1.29, 1.82) is 0 Å². The summed E-state index contributed by atoms with van der Waals surface area (Å²) in [6, 6.07) is 13.6. The molecule has 3 heteroatoms. The Morgan fingerprint density at radius 1 is 1.09 bits per heavy atom. The van der Waals surface area contributed by atoms with Crippen LogP contribution in [0.3, 0.4) is 0 Å². The summed E-state index contributed by atoms with van der Waals surface area (Å²) in [5, 5.41) is 0. The third-order valence-electron chi connectivity index (χ3n) is 3.70. The highest BCUT2D eigenvalue weighted by molar-refractivity contribution is 5.94. The Labute approximate surface area is 129 Å². The van der Waals surface area contributed by atoms with E-state index in [2.05, 4.69) is 18.8 Å². The van der Waals surface area contributed by atoms with Crippen molar-refractivity contribution in [2.45, 2.75) is 6.92 Å². The van der Waals surface area contributed by atoms with Gasteiger partial charge in [-0.15, -0.1) is 0 Å². The Hall–Kier alpha value is -2.60. The van der Waals surface area contributed by atoms with Crippen LogP contribution in [0.25, 0.3) is 0 Å². The van der Waals surface area contributed by atoms with Crippen molar-refractivity contribution in [3.05, 3.63) is 71.0 Å². The van der Waals surface area contributed by atoms with E-state index in [1.165, 1.54) is 6.07 Å². The maximum atomic E-state index is 13.5. The minimum absolute atomic E-state index is 0.0618. The van der Waals surface area contributed by atoms with E-state index >= 15 is 0 Å². The van der Waals surface area contributed by atoms with Gasteiger partial charge in [0.05, 0.1) is 5.56 Å². The van der Waals surface area contributed by atoms with Crippen molar-refractivity contribution in [3.63, 3.8) is 0 Å². The molecular weight excluding hydrogens is 277 g/mol. The van der Waals surface area contributed by atoms with Crippen LogP contribution in [0.5, 0.6) is 0 Å². The first-order valence-corrected chi connectivity index (χ1v) is 7.29. The van der Waals surface area contributed by atoms with Crippen molar-refractivity contribution in [2.75, 3.05) is 13.1 Å². The van der Waals surface area contributed by atoms with E-state index in [-0.39, 0.29) is 11.7 Å². The lowest BCUT2D eigenvalue weighted by molar-refractivity contribution is 0.0530. The number of carbonyl (C=O) groups is 1. The number of benzene rings is 2. The molecule has 0 aromatic heterocycles. The zero-order valence-corrected chi connectivity index (χ0v) is 12.3. The highest BCUT2D eigenvalue weighted by Gasteiger charge is 2.27. The van der Waals surface area contributed by atoms with E-state index in [0.29, 0.717) is 17.0 Å². The number of nitrogens with zero attached hydrogens (tertiary/aromatic N) is 1. The van der Waals surface area contributed by atoms with Crippen LogP contribution in [0.2, 0.25) is 0 Å². The number of hydrogen-bond acceptors (Lipinski definition) is 1. The Balaban J connectivity index is 1.73. The molecule has 0 spiro atoms. The first kappa shape index (κ1) is 14.3. The Morgan fingerprint density at radius 2 is 1.77 bits per heavy atom. The molecule has 0 atom stereocenters. The minimum atomic E-state index is -0.325. The summed E-state index contributed by atoms with van der Waals surface area (Å²) in [5.74, 6) is 6.05. The van der Waals surface area contributed by atoms with Gasteiger partial charge in [0.2, 0.25) is 0 Å². The van der Waals surface area contributed by atoms with Gasteiger partial charge in [0, 0.05) is 24.2 Å². The van der Waals surface area contributed by atoms with Crippen LogP contribution in [0, 0.1) is 23.6 Å². The highest BCUT2D eigenvalue weighted by atomic mass is 19.1. The first-order valence-electron chi connectivity index (χ1n) is 7.29. The zero-order chi connectivity index (χ0) is 15.5. The van der Waals surface area contributed by atoms with Gasteiger partial charge in [0.1, 0.15) is 5.82 Å². The lowest BCUT2D eigenvalue weighted by Crippen LogP contribution is -2.48. The second-order valence-electron chi connectivity index (χ2n) is 5.62. The zero-order valence-electron chi connectivity index (χ0n) is 12.3. The average molecular weight is 293 g/mol. The summed E-state index contributed by atoms with van der Waals surface area (Å²) in [6.45, 7) is 3.78. The first-order chi connectivity index (χ1) is 10.6. The molecule has 0 bridgehead atoms. The van der Waals surface area contributed by atoms with Gasteiger partial charge in [-0.2, -0.15) is 0 Å². The van der Waals surface area contributed by atoms with E-state index in [4.69, 9.17) is 0 Å². The number of rotatable bonds is 1. The van der Waals surface area contributed by atoms with E-state index in [0.717, 1.165) is 18.7 Å². The average Bonchev–Trinajstić information content (AvgIpc) is 2.51. The van der Waals surface area contributed by atoms with Gasteiger partial charge in [-0.05, 0) is 42.3 Å². The molecule has 0 saturated carbocycles. The second kappa shape index (κ2) is 6.03. The monoisotopic (exact) mass is 293 g/mol. The molecule has 2 aromatic carbocycles. The normalized spacial score (nSPS) is 14.0. The summed E-state index contributed by atoms with van der Waals surface area (Å²) in [4.78, 5) is 14.0. The van der Waals surface area contributed by atoms with Gasteiger partial charge in [0.15, 0.2) is 0 Å². The van der Waals surface area contributed by atoms with E-state index in [1.54, 1.807) is 42.5 Å². The van der Waals surface area contributed by atoms with Crippen molar-refractivity contribution < 1.29 is 9.18 Å². The predicted octanol–water partition coefficient (Wildman–Crippen LogP) is 3.32. The van der Waals surface area contributed by atoms with Gasteiger partial charge in [-0.1, -0.05) is 30.9 Å². The molecule has 110 valence electrons. The summed E-state index contributed by atoms with van der Waals surface area (Å²) < 4.78 is 13.5. The summed E-state index contributed by atoms with van der Waals surface area (Å²) in [5.41, 5.74) is 1.80. The minimum Gasteiger partial charge on any atom is -0.338 e. The van der Waals surface area contributed by atoms with Crippen LogP contribution < -0.4 is 0 Å². The quantitative estimate of drug-likeness (QED) is 0.739. The molecule has 1 fully saturated rings.